The van der Waals surface area contributed by atoms with Crippen LogP contribution in [0.25, 0.3) is 0 Å². The number of benzene rings is 3. The molecule has 0 aromatic heterocycles. The number of fused-ring (bicyclic) bond motifs is 1. The lowest BCUT2D eigenvalue weighted by Gasteiger charge is -2.18. The van der Waals surface area contributed by atoms with E-state index in [1.807, 2.05) is 6.07 Å². The molecule has 0 radical (unpaired) electrons. The standard InChI is InChI=1S/C22H14F5NO3/c23-21(24)18-12-17(31-22(25,26)27)9-10-19(18)28(20(21)29)13-14-5-4-8-16(11-14)30-15-6-2-1-3-7-15/h1-12H,13H2. The van der Waals surface area contributed by atoms with Gasteiger partial charge in [0.1, 0.15) is 17.2 Å². The third-order valence-electron chi connectivity index (χ3n) is 4.56. The van der Waals surface area contributed by atoms with E-state index in [2.05, 4.69) is 4.74 Å². The fraction of sp³-hybridized carbons (Fsp3) is 0.136. The summed E-state index contributed by atoms with van der Waals surface area (Å²) in [6.07, 6.45) is -5.04. The van der Waals surface area contributed by atoms with Crippen molar-refractivity contribution in [1.82, 2.24) is 0 Å². The molecule has 3 aromatic rings. The van der Waals surface area contributed by atoms with E-state index in [0.717, 1.165) is 17.0 Å². The van der Waals surface area contributed by atoms with Crippen LogP contribution in [0.1, 0.15) is 11.1 Å². The number of carbonyl (C=O) groups is 1. The van der Waals surface area contributed by atoms with Crippen LogP contribution in [0.2, 0.25) is 0 Å². The van der Waals surface area contributed by atoms with Crippen molar-refractivity contribution in [1.29, 1.82) is 0 Å². The number of amides is 1. The molecule has 3 aromatic carbocycles. The molecule has 4 nitrogen and oxygen atoms in total. The lowest BCUT2D eigenvalue weighted by Crippen LogP contribution is -2.34. The Kier molecular flexibility index (Phi) is 5.04. The number of carbonyl (C=O) groups excluding carboxylic acids is 1. The maximum absolute atomic E-state index is 14.5. The third kappa shape index (κ3) is 4.30. The van der Waals surface area contributed by atoms with Crippen LogP contribution in [0.3, 0.4) is 0 Å². The number of para-hydroxylation sites is 1. The largest absolute Gasteiger partial charge is 0.573 e. The minimum Gasteiger partial charge on any atom is -0.457 e. The zero-order valence-electron chi connectivity index (χ0n) is 15.7. The predicted molar refractivity (Wildman–Crippen MR) is 101 cm³/mol. The first-order valence-electron chi connectivity index (χ1n) is 9.05. The highest BCUT2D eigenvalue weighted by Crippen LogP contribution is 2.46. The molecule has 1 aliphatic heterocycles. The second-order valence-electron chi connectivity index (χ2n) is 6.75. The first kappa shape index (κ1) is 20.6. The first-order chi connectivity index (χ1) is 14.6. The van der Waals surface area contributed by atoms with Crippen molar-refractivity contribution in [2.45, 2.75) is 18.8 Å². The van der Waals surface area contributed by atoms with Crippen molar-refractivity contribution in [2.75, 3.05) is 4.90 Å². The number of hydrogen-bond donors (Lipinski definition) is 0. The monoisotopic (exact) mass is 435 g/mol. The first-order valence-corrected chi connectivity index (χ1v) is 9.05. The van der Waals surface area contributed by atoms with Gasteiger partial charge in [-0.1, -0.05) is 30.3 Å². The molecular formula is C22H14F5NO3. The van der Waals surface area contributed by atoms with Crippen LogP contribution in [0.15, 0.2) is 72.8 Å². The van der Waals surface area contributed by atoms with Gasteiger partial charge in [0.2, 0.25) is 0 Å². The van der Waals surface area contributed by atoms with E-state index >= 15 is 0 Å². The Morgan fingerprint density at radius 2 is 1.55 bits per heavy atom. The summed E-state index contributed by atoms with van der Waals surface area (Å²) in [6, 6.07) is 17.9. The van der Waals surface area contributed by atoms with Crippen LogP contribution < -0.4 is 14.4 Å². The Morgan fingerprint density at radius 1 is 0.839 bits per heavy atom. The number of nitrogens with zero attached hydrogens (tertiary/aromatic N) is 1. The molecule has 1 aliphatic rings. The molecule has 1 heterocycles. The van der Waals surface area contributed by atoms with E-state index in [1.54, 1.807) is 48.5 Å². The van der Waals surface area contributed by atoms with E-state index in [4.69, 9.17) is 4.74 Å². The molecule has 31 heavy (non-hydrogen) atoms. The highest BCUT2D eigenvalue weighted by Gasteiger charge is 2.53. The smallest absolute Gasteiger partial charge is 0.457 e. The highest BCUT2D eigenvalue weighted by molar-refractivity contribution is 6.05. The molecule has 0 saturated carbocycles. The van der Waals surface area contributed by atoms with Gasteiger partial charge in [-0.15, -0.1) is 13.2 Å². The summed E-state index contributed by atoms with van der Waals surface area (Å²) in [4.78, 5) is 13.2. The fourth-order valence-electron chi connectivity index (χ4n) is 3.26. The molecule has 4 rings (SSSR count). The zero-order chi connectivity index (χ0) is 22.2. The van der Waals surface area contributed by atoms with Crippen LogP contribution in [-0.4, -0.2) is 12.3 Å². The summed E-state index contributed by atoms with van der Waals surface area (Å²) >= 11 is 0. The highest BCUT2D eigenvalue weighted by atomic mass is 19.4. The van der Waals surface area contributed by atoms with Gasteiger partial charge in [0, 0.05) is 0 Å². The Morgan fingerprint density at radius 3 is 2.26 bits per heavy atom. The lowest BCUT2D eigenvalue weighted by molar-refractivity contribution is -0.274. The molecule has 0 aliphatic carbocycles. The number of anilines is 1. The average Bonchev–Trinajstić information content (AvgIpc) is 2.88. The molecule has 1 amide bonds. The van der Waals surface area contributed by atoms with Gasteiger partial charge in [-0.2, -0.15) is 8.78 Å². The van der Waals surface area contributed by atoms with Crippen LogP contribution in [0.4, 0.5) is 27.6 Å². The molecule has 9 heteroatoms. The van der Waals surface area contributed by atoms with Crippen molar-refractivity contribution >= 4 is 11.6 Å². The molecule has 0 bridgehead atoms. The van der Waals surface area contributed by atoms with Crippen molar-refractivity contribution in [2.24, 2.45) is 0 Å². The van der Waals surface area contributed by atoms with E-state index in [-0.39, 0.29) is 12.2 Å². The fourth-order valence-corrected chi connectivity index (χ4v) is 3.26. The van der Waals surface area contributed by atoms with Crippen LogP contribution >= 0.6 is 0 Å². The zero-order valence-corrected chi connectivity index (χ0v) is 15.7. The second kappa shape index (κ2) is 7.57. The summed E-state index contributed by atoms with van der Waals surface area (Å²) in [5, 5.41) is 0. The van der Waals surface area contributed by atoms with Crippen LogP contribution in [-0.2, 0) is 17.3 Å². The molecule has 0 spiro atoms. The molecule has 0 N–H and O–H groups in total. The average molecular weight is 435 g/mol. The summed E-state index contributed by atoms with van der Waals surface area (Å²) in [5.74, 6) is -5.31. The van der Waals surface area contributed by atoms with Crippen molar-refractivity contribution < 1.29 is 36.2 Å². The van der Waals surface area contributed by atoms with Crippen molar-refractivity contribution in [3.8, 4) is 17.2 Å². The number of rotatable bonds is 5. The maximum atomic E-state index is 14.5. The number of ether oxygens (including phenoxy) is 2. The summed E-state index contributed by atoms with van der Waals surface area (Å²) < 4.78 is 75.7. The van der Waals surface area contributed by atoms with Gasteiger partial charge >= 0.3 is 18.2 Å². The normalized spacial score (nSPS) is 15.0. The minimum absolute atomic E-state index is 0.182. The molecule has 0 atom stereocenters. The third-order valence-corrected chi connectivity index (χ3v) is 4.56. The second-order valence-corrected chi connectivity index (χ2v) is 6.75. The topological polar surface area (TPSA) is 38.8 Å². The molecule has 0 saturated heterocycles. The maximum Gasteiger partial charge on any atom is 0.573 e. The molecular weight excluding hydrogens is 421 g/mol. The Balaban J connectivity index is 1.60. The number of alkyl halides is 5. The molecule has 0 unspecified atom stereocenters. The van der Waals surface area contributed by atoms with Gasteiger partial charge < -0.3 is 14.4 Å². The van der Waals surface area contributed by atoms with Gasteiger partial charge in [-0.05, 0) is 48.0 Å². The van der Waals surface area contributed by atoms with Crippen LogP contribution in [0, 0.1) is 0 Å². The Labute approximate surface area is 173 Å². The Hall–Kier alpha value is -3.62. The van der Waals surface area contributed by atoms with Gasteiger partial charge in [0.05, 0.1) is 17.8 Å². The predicted octanol–water partition coefficient (Wildman–Crippen LogP) is 6.02. The van der Waals surface area contributed by atoms with E-state index in [1.165, 1.54) is 0 Å². The van der Waals surface area contributed by atoms with Gasteiger partial charge in [-0.3, -0.25) is 4.79 Å². The lowest BCUT2D eigenvalue weighted by atomic mass is 10.1. The minimum atomic E-state index is -5.04. The van der Waals surface area contributed by atoms with Crippen LogP contribution in [0.5, 0.6) is 17.2 Å². The number of halogens is 5. The van der Waals surface area contributed by atoms with Gasteiger partial charge in [0.15, 0.2) is 0 Å². The summed E-state index contributed by atoms with van der Waals surface area (Å²) in [7, 11) is 0. The summed E-state index contributed by atoms with van der Waals surface area (Å²) in [6.45, 7) is -0.215. The quantitative estimate of drug-likeness (QED) is 0.461. The van der Waals surface area contributed by atoms with E-state index < -0.39 is 29.5 Å². The molecule has 0 fully saturated rings. The van der Waals surface area contributed by atoms with Crippen molar-refractivity contribution in [3.05, 3.63) is 83.9 Å². The summed E-state index contributed by atoms with van der Waals surface area (Å²) in [5.41, 5.74) is -0.518. The SMILES string of the molecule is O=C1N(Cc2cccc(Oc3ccccc3)c2)c2ccc(OC(F)(F)F)cc2C1(F)F. The van der Waals surface area contributed by atoms with E-state index in [0.29, 0.717) is 23.1 Å². The van der Waals surface area contributed by atoms with Gasteiger partial charge in [-0.25, -0.2) is 0 Å². The van der Waals surface area contributed by atoms with E-state index in [9.17, 15) is 26.7 Å². The Bertz CT molecular complexity index is 1120. The van der Waals surface area contributed by atoms with Crippen molar-refractivity contribution in [3.63, 3.8) is 0 Å². The van der Waals surface area contributed by atoms with Gasteiger partial charge in [0.25, 0.3) is 0 Å². The number of hydrogen-bond acceptors (Lipinski definition) is 3. The molecule has 160 valence electrons.